The standard InChI is InChI=1S/C21H18ClF3N2O3/c22-17-4-1-14(2-5-17)20(28)8-3-15-13-18(27(29)30)6-7-19(15)26-11-9-16(10-12-26)21(23,24)25/h1-8,13,16H,9-12H2/b8-3+. The molecule has 2 aromatic carbocycles. The SMILES string of the molecule is O=C(/C=C/c1cc([N+](=O)[O-])ccc1N1CCC(C(F)(F)F)CC1)c1ccc(Cl)cc1. The van der Waals surface area contributed by atoms with Crippen LogP contribution in [0.5, 0.6) is 0 Å². The van der Waals surface area contributed by atoms with Crippen LogP contribution >= 0.6 is 11.6 Å². The van der Waals surface area contributed by atoms with Crippen LogP contribution in [0.1, 0.15) is 28.8 Å². The third-order valence-electron chi connectivity index (χ3n) is 5.06. The van der Waals surface area contributed by atoms with E-state index in [1.54, 1.807) is 29.2 Å². The summed E-state index contributed by atoms with van der Waals surface area (Å²) in [5, 5.41) is 11.6. The number of rotatable bonds is 5. The quantitative estimate of drug-likeness (QED) is 0.251. The van der Waals surface area contributed by atoms with Crippen molar-refractivity contribution in [3.05, 3.63) is 74.8 Å². The molecular formula is C21H18ClF3N2O3. The van der Waals surface area contributed by atoms with Crippen LogP contribution in [0.15, 0.2) is 48.5 Å². The molecule has 158 valence electrons. The molecule has 0 bridgehead atoms. The molecule has 0 aliphatic carbocycles. The minimum atomic E-state index is -4.23. The number of allylic oxidation sites excluding steroid dienone is 1. The Morgan fingerprint density at radius 1 is 1.13 bits per heavy atom. The third kappa shape index (κ3) is 5.18. The van der Waals surface area contributed by atoms with E-state index in [-0.39, 0.29) is 37.4 Å². The number of carbonyl (C=O) groups is 1. The molecule has 1 aliphatic rings. The van der Waals surface area contributed by atoms with Gasteiger partial charge < -0.3 is 4.90 Å². The molecule has 3 rings (SSSR count). The van der Waals surface area contributed by atoms with E-state index >= 15 is 0 Å². The van der Waals surface area contributed by atoms with E-state index in [0.29, 0.717) is 21.8 Å². The fourth-order valence-electron chi connectivity index (χ4n) is 3.40. The summed E-state index contributed by atoms with van der Waals surface area (Å²) in [4.78, 5) is 24.7. The Bertz CT molecular complexity index is 966. The van der Waals surface area contributed by atoms with Gasteiger partial charge >= 0.3 is 6.18 Å². The average molecular weight is 439 g/mol. The minimum Gasteiger partial charge on any atom is -0.371 e. The highest BCUT2D eigenvalue weighted by atomic mass is 35.5. The van der Waals surface area contributed by atoms with Crippen molar-refractivity contribution >= 4 is 34.8 Å². The van der Waals surface area contributed by atoms with Crippen LogP contribution in [-0.4, -0.2) is 30.0 Å². The first-order chi connectivity index (χ1) is 14.1. The van der Waals surface area contributed by atoms with Gasteiger partial charge in [-0.3, -0.25) is 14.9 Å². The highest BCUT2D eigenvalue weighted by Crippen LogP contribution is 2.37. The van der Waals surface area contributed by atoms with Gasteiger partial charge in [0.1, 0.15) is 0 Å². The summed E-state index contributed by atoms with van der Waals surface area (Å²) in [6.07, 6.45) is -1.58. The zero-order chi connectivity index (χ0) is 21.9. The number of nitrogens with zero attached hydrogens (tertiary/aromatic N) is 2. The topological polar surface area (TPSA) is 63.4 Å². The van der Waals surface area contributed by atoms with E-state index in [4.69, 9.17) is 11.6 Å². The van der Waals surface area contributed by atoms with Gasteiger partial charge in [0.15, 0.2) is 5.78 Å². The van der Waals surface area contributed by atoms with Crippen molar-refractivity contribution in [2.24, 2.45) is 5.92 Å². The summed E-state index contributed by atoms with van der Waals surface area (Å²) in [6, 6.07) is 10.4. The normalized spacial score (nSPS) is 15.5. The average Bonchev–Trinajstić information content (AvgIpc) is 2.71. The number of anilines is 1. The number of carbonyl (C=O) groups excluding carboxylic acids is 1. The summed E-state index contributed by atoms with van der Waals surface area (Å²) in [6.45, 7) is 0.349. The van der Waals surface area contributed by atoms with Crippen LogP contribution in [0, 0.1) is 16.0 Å². The fourth-order valence-corrected chi connectivity index (χ4v) is 3.53. The van der Waals surface area contributed by atoms with Crippen molar-refractivity contribution in [3.63, 3.8) is 0 Å². The molecule has 0 N–H and O–H groups in total. The second kappa shape index (κ2) is 8.87. The molecule has 0 unspecified atom stereocenters. The zero-order valence-electron chi connectivity index (χ0n) is 15.7. The number of benzene rings is 2. The van der Waals surface area contributed by atoms with E-state index < -0.39 is 17.0 Å². The molecule has 1 aliphatic heterocycles. The van der Waals surface area contributed by atoms with Gasteiger partial charge in [-0.15, -0.1) is 0 Å². The number of ketones is 1. The van der Waals surface area contributed by atoms with E-state index in [0.717, 1.165) is 0 Å². The van der Waals surface area contributed by atoms with Gasteiger partial charge in [0, 0.05) is 47.1 Å². The molecule has 1 fully saturated rings. The molecule has 2 aromatic rings. The molecule has 1 saturated heterocycles. The van der Waals surface area contributed by atoms with Gasteiger partial charge in [-0.05, 0) is 55.3 Å². The fraction of sp³-hybridized carbons (Fsp3) is 0.286. The number of alkyl halides is 3. The second-order valence-corrected chi connectivity index (χ2v) is 7.44. The van der Waals surface area contributed by atoms with Crippen molar-refractivity contribution < 1.29 is 22.9 Å². The minimum absolute atomic E-state index is 0.0483. The molecular weight excluding hydrogens is 421 g/mol. The van der Waals surface area contributed by atoms with E-state index in [9.17, 15) is 28.1 Å². The number of piperidine rings is 1. The predicted octanol–water partition coefficient (Wildman–Crippen LogP) is 5.92. The summed E-state index contributed by atoms with van der Waals surface area (Å²) in [5.74, 6) is -1.67. The molecule has 0 atom stereocenters. The lowest BCUT2D eigenvalue weighted by molar-refractivity contribution is -0.384. The summed E-state index contributed by atoms with van der Waals surface area (Å²) in [5.41, 5.74) is 1.19. The smallest absolute Gasteiger partial charge is 0.371 e. The maximum atomic E-state index is 12.9. The van der Waals surface area contributed by atoms with Crippen molar-refractivity contribution in [1.29, 1.82) is 0 Å². The Hall–Kier alpha value is -2.87. The Morgan fingerprint density at radius 3 is 2.33 bits per heavy atom. The number of halogens is 4. The lowest BCUT2D eigenvalue weighted by atomic mass is 9.95. The Labute approximate surface area is 175 Å². The molecule has 30 heavy (non-hydrogen) atoms. The van der Waals surface area contributed by atoms with Crippen LogP contribution in [0.25, 0.3) is 6.08 Å². The van der Waals surface area contributed by atoms with Crippen LogP contribution in [0.2, 0.25) is 5.02 Å². The van der Waals surface area contributed by atoms with Crippen LogP contribution in [-0.2, 0) is 0 Å². The third-order valence-corrected chi connectivity index (χ3v) is 5.32. The maximum absolute atomic E-state index is 12.9. The predicted molar refractivity (Wildman–Crippen MR) is 109 cm³/mol. The number of nitro groups is 1. The summed E-state index contributed by atoms with van der Waals surface area (Å²) in [7, 11) is 0. The molecule has 0 amide bonds. The molecule has 0 aromatic heterocycles. The number of hydrogen-bond acceptors (Lipinski definition) is 4. The van der Waals surface area contributed by atoms with Crippen molar-refractivity contribution in [1.82, 2.24) is 0 Å². The Balaban J connectivity index is 1.85. The molecule has 9 heteroatoms. The highest BCUT2D eigenvalue weighted by Gasteiger charge is 2.41. The van der Waals surface area contributed by atoms with Gasteiger partial charge in [-0.2, -0.15) is 13.2 Å². The van der Waals surface area contributed by atoms with Crippen molar-refractivity contribution in [2.45, 2.75) is 19.0 Å². The van der Waals surface area contributed by atoms with E-state index in [1.165, 1.54) is 30.4 Å². The lowest BCUT2D eigenvalue weighted by Gasteiger charge is -2.35. The van der Waals surface area contributed by atoms with Gasteiger partial charge in [-0.1, -0.05) is 11.6 Å². The van der Waals surface area contributed by atoms with Crippen LogP contribution in [0.4, 0.5) is 24.5 Å². The zero-order valence-corrected chi connectivity index (χ0v) is 16.5. The largest absolute Gasteiger partial charge is 0.391 e. The molecule has 0 radical (unpaired) electrons. The van der Waals surface area contributed by atoms with Gasteiger partial charge in [0.05, 0.1) is 10.8 Å². The van der Waals surface area contributed by atoms with Crippen LogP contribution in [0.3, 0.4) is 0 Å². The second-order valence-electron chi connectivity index (χ2n) is 7.01. The van der Waals surface area contributed by atoms with Gasteiger partial charge in [-0.25, -0.2) is 0 Å². The van der Waals surface area contributed by atoms with E-state index in [2.05, 4.69) is 0 Å². The maximum Gasteiger partial charge on any atom is 0.391 e. The monoisotopic (exact) mass is 438 g/mol. The van der Waals surface area contributed by atoms with E-state index in [1.807, 2.05) is 0 Å². The Kier molecular flexibility index (Phi) is 6.45. The van der Waals surface area contributed by atoms with Crippen molar-refractivity contribution in [3.8, 4) is 0 Å². The van der Waals surface area contributed by atoms with Gasteiger partial charge in [0.2, 0.25) is 0 Å². The first-order valence-electron chi connectivity index (χ1n) is 9.23. The number of non-ortho nitro benzene ring substituents is 1. The molecule has 1 heterocycles. The first-order valence-corrected chi connectivity index (χ1v) is 9.61. The van der Waals surface area contributed by atoms with Gasteiger partial charge in [0.25, 0.3) is 5.69 Å². The number of hydrogen-bond donors (Lipinski definition) is 0. The molecule has 0 spiro atoms. The molecule has 0 saturated carbocycles. The first kappa shape index (κ1) is 21.8. The summed E-state index contributed by atoms with van der Waals surface area (Å²) >= 11 is 5.81. The Morgan fingerprint density at radius 2 is 1.77 bits per heavy atom. The van der Waals surface area contributed by atoms with Crippen LogP contribution < -0.4 is 4.90 Å². The summed E-state index contributed by atoms with van der Waals surface area (Å²) < 4.78 is 38.8. The lowest BCUT2D eigenvalue weighted by Crippen LogP contribution is -2.39. The van der Waals surface area contributed by atoms with Crippen molar-refractivity contribution in [2.75, 3.05) is 18.0 Å². The molecule has 5 nitrogen and oxygen atoms in total. The highest BCUT2D eigenvalue weighted by molar-refractivity contribution is 6.30. The number of nitro benzene ring substituents is 1.